The van der Waals surface area contributed by atoms with Crippen molar-refractivity contribution in [3.05, 3.63) is 16.3 Å². The molecule has 1 aliphatic heterocycles. The van der Waals surface area contributed by atoms with Crippen LogP contribution < -0.4 is 16.0 Å². The maximum absolute atomic E-state index is 12.2. The second kappa shape index (κ2) is 7.59. The van der Waals surface area contributed by atoms with Crippen LogP contribution >= 0.6 is 23.1 Å². The van der Waals surface area contributed by atoms with Crippen molar-refractivity contribution in [2.45, 2.75) is 37.6 Å². The van der Waals surface area contributed by atoms with Crippen molar-refractivity contribution < 1.29 is 9.59 Å². The highest BCUT2D eigenvalue weighted by Gasteiger charge is 2.26. The lowest BCUT2D eigenvalue weighted by Gasteiger charge is -2.25. The molecule has 0 bridgehead atoms. The average Bonchev–Trinajstić information content (AvgIpc) is 2.83. The van der Waals surface area contributed by atoms with Crippen LogP contribution in [0.25, 0.3) is 0 Å². The van der Waals surface area contributed by atoms with E-state index >= 15 is 0 Å². The van der Waals surface area contributed by atoms with E-state index in [2.05, 4.69) is 26.1 Å². The first-order chi connectivity index (χ1) is 10.5. The minimum absolute atomic E-state index is 0.144. The van der Waals surface area contributed by atoms with E-state index in [4.69, 9.17) is 0 Å². The monoisotopic (exact) mass is 341 g/mol. The molecule has 9 heteroatoms. The van der Waals surface area contributed by atoms with Gasteiger partial charge in [0.15, 0.2) is 4.34 Å². The Kier molecular flexibility index (Phi) is 5.78. The Labute approximate surface area is 137 Å². The Bertz CT molecular complexity index is 599. The number of urea groups is 1. The molecule has 22 heavy (non-hydrogen) atoms. The maximum atomic E-state index is 12.2. The quantitative estimate of drug-likeness (QED) is 0.537. The first-order valence-electron chi connectivity index (χ1n) is 6.96. The smallest absolute Gasteiger partial charge is 0.319 e. The largest absolute Gasteiger partial charge is 0.352 e. The Hall–Kier alpha value is -1.61. The van der Waals surface area contributed by atoms with Gasteiger partial charge in [0.1, 0.15) is 5.01 Å². The predicted molar refractivity (Wildman–Crippen MR) is 86.8 cm³/mol. The van der Waals surface area contributed by atoms with Gasteiger partial charge < -0.3 is 16.0 Å². The Morgan fingerprint density at radius 1 is 1.41 bits per heavy atom. The van der Waals surface area contributed by atoms with Crippen LogP contribution in [0.5, 0.6) is 0 Å². The summed E-state index contributed by atoms with van der Waals surface area (Å²) in [5.74, 6) is 0.728. The summed E-state index contributed by atoms with van der Waals surface area (Å²) in [5, 5.41) is 17.1. The molecule has 2 rings (SSSR count). The number of aryl methyl sites for hydroxylation is 1. The van der Waals surface area contributed by atoms with Crippen molar-refractivity contribution in [3.63, 3.8) is 0 Å². The molecule has 0 spiro atoms. The van der Waals surface area contributed by atoms with Crippen molar-refractivity contribution in [3.8, 4) is 0 Å². The van der Waals surface area contributed by atoms with Gasteiger partial charge in [0.05, 0.1) is 11.6 Å². The van der Waals surface area contributed by atoms with Crippen molar-refractivity contribution >= 4 is 35.0 Å². The van der Waals surface area contributed by atoms with Crippen LogP contribution in [0.15, 0.2) is 15.6 Å². The van der Waals surface area contributed by atoms with Gasteiger partial charge in [-0.3, -0.25) is 4.79 Å². The molecular formula is C13H19N5O2S2. The molecule has 0 saturated heterocycles. The molecule has 0 radical (unpaired) electrons. The molecule has 7 nitrogen and oxygen atoms in total. The lowest BCUT2D eigenvalue weighted by Crippen LogP contribution is -2.50. The number of hydrogen-bond donors (Lipinski definition) is 3. The summed E-state index contributed by atoms with van der Waals surface area (Å²) in [6.07, 6.45) is 0.843. The van der Waals surface area contributed by atoms with Gasteiger partial charge in [-0.15, -0.1) is 10.2 Å². The van der Waals surface area contributed by atoms with Gasteiger partial charge in [-0.1, -0.05) is 23.1 Å². The molecule has 1 aliphatic rings. The third kappa shape index (κ3) is 4.44. The van der Waals surface area contributed by atoms with E-state index in [1.165, 1.54) is 0 Å². The Balaban J connectivity index is 1.73. The van der Waals surface area contributed by atoms with Crippen LogP contribution in [0.2, 0.25) is 0 Å². The molecule has 0 aromatic carbocycles. The average molecular weight is 341 g/mol. The summed E-state index contributed by atoms with van der Waals surface area (Å²) < 4.78 is 0.954. The van der Waals surface area contributed by atoms with Crippen molar-refractivity contribution in [2.75, 3.05) is 12.3 Å². The third-order valence-electron chi connectivity index (χ3n) is 3.07. The van der Waals surface area contributed by atoms with Crippen LogP contribution in [0.3, 0.4) is 0 Å². The van der Waals surface area contributed by atoms with Crippen LogP contribution in [0.1, 0.15) is 25.3 Å². The highest BCUT2D eigenvalue weighted by Crippen LogP contribution is 2.22. The number of carbonyl (C=O) groups excluding carboxylic acids is 2. The molecule has 0 saturated carbocycles. The van der Waals surface area contributed by atoms with Gasteiger partial charge in [-0.25, -0.2) is 4.79 Å². The normalized spacial score (nSPS) is 18.0. The van der Waals surface area contributed by atoms with E-state index in [1.54, 1.807) is 36.9 Å². The van der Waals surface area contributed by atoms with Gasteiger partial charge in [-0.05, 0) is 27.2 Å². The number of aromatic nitrogens is 2. The number of hydrogen-bond acceptors (Lipinski definition) is 6. The zero-order chi connectivity index (χ0) is 16.1. The number of nitrogens with one attached hydrogen (secondary N) is 3. The second-order valence-electron chi connectivity index (χ2n) is 4.90. The molecule has 0 fully saturated rings. The summed E-state index contributed by atoms with van der Waals surface area (Å²) in [6.45, 7) is 6.04. The SMILES string of the molecule is CC1=C(C(=O)NCCCSc2nnc(C)s2)C(C)NC(=O)N1. The first kappa shape index (κ1) is 16.8. The molecule has 3 amide bonds. The standard InChI is InChI=1S/C13H19N5O2S2/c1-7-10(8(2)16-12(20)15-7)11(19)14-5-4-6-21-13-18-17-9(3)22-13/h7H,4-6H2,1-3H3,(H,14,19)(H2,15,16,20). The molecule has 1 unspecified atom stereocenters. The van der Waals surface area contributed by atoms with Gasteiger partial charge in [-0.2, -0.15) is 0 Å². The number of carbonyl (C=O) groups is 2. The molecule has 1 aromatic heterocycles. The molecule has 1 atom stereocenters. The summed E-state index contributed by atoms with van der Waals surface area (Å²) in [4.78, 5) is 23.5. The van der Waals surface area contributed by atoms with Crippen LogP contribution in [-0.4, -0.2) is 40.5 Å². The zero-order valence-corrected chi connectivity index (χ0v) is 14.4. The minimum atomic E-state index is -0.285. The lowest BCUT2D eigenvalue weighted by molar-refractivity contribution is -0.117. The number of allylic oxidation sites excluding steroid dienone is 1. The number of amides is 3. The van der Waals surface area contributed by atoms with Crippen LogP contribution in [-0.2, 0) is 4.79 Å². The fourth-order valence-electron chi connectivity index (χ4n) is 2.10. The number of nitrogens with zero attached hydrogens (tertiary/aromatic N) is 2. The van der Waals surface area contributed by atoms with Crippen molar-refractivity contribution in [1.29, 1.82) is 0 Å². The minimum Gasteiger partial charge on any atom is -0.352 e. The fourth-order valence-corrected chi connectivity index (χ4v) is 3.93. The predicted octanol–water partition coefficient (Wildman–Crippen LogP) is 1.42. The van der Waals surface area contributed by atoms with E-state index in [0.29, 0.717) is 17.8 Å². The van der Waals surface area contributed by atoms with E-state index in [0.717, 1.165) is 21.5 Å². The summed E-state index contributed by atoms with van der Waals surface area (Å²) in [5.41, 5.74) is 1.18. The second-order valence-corrected chi connectivity index (χ2v) is 7.43. The van der Waals surface area contributed by atoms with Gasteiger partial charge in [0.2, 0.25) is 0 Å². The van der Waals surface area contributed by atoms with Gasteiger partial charge >= 0.3 is 6.03 Å². The molecule has 1 aromatic rings. The summed E-state index contributed by atoms with van der Waals surface area (Å²) in [6, 6.07) is -0.558. The third-order valence-corrected chi connectivity index (χ3v) is 5.13. The Morgan fingerprint density at radius 3 is 2.82 bits per heavy atom. The highest BCUT2D eigenvalue weighted by molar-refractivity contribution is 8.01. The molecule has 2 heterocycles. The first-order valence-corrected chi connectivity index (χ1v) is 8.77. The van der Waals surface area contributed by atoms with E-state index in [-0.39, 0.29) is 18.0 Å². The van der Waals surface area contributed by atoms with E-state index < -0.39 is 0 Å². The molecule has 3 N–H and O–H groups in total. The zero-order valence-electron chi connectivity index (χ0n) is 12.7. The number of rotatable bonds is 6. The van der Waals surface area contributed by atoms with Gasteiger partial charge in [0.25, 0.3) is 5.91 Å². The maximum Gasteiger partial charge on any atom is 0.319 e. The Morgan fingerprint density at radius 2 is 2.18 bits per heavy atom. The van der Waals surface area contributed by atoms with Crippen LogP contribution in [0, 0.1) is 6.92 Å². The van der Waals surface area contributed by atoms with E-state index in [9.17, 15) is 9.59 Å². The van der Waals surface area contributed by atoms with Crippen LogP contribution in [0.4, 0.5) is 4.79 Å². The summed E-state index contributed by atoms with van der Waals surface area (Å²) in [7, 11) is 0. The molecular weight excluding hydrogens is 322 g/mol. The number of thioether (sulfide) groups is 1. The topological polar surface area (TPSA) is 96.0 Å². The lowest BCUT2D eigenvalue weighted by atomic mass is 10.0. The van der Waals surface area contributed by atoms with Crippen molar-refractivity contribution in [1.82, 2.24) is 26.1 Å². The molecule has 120 valence electrons. The molecule has 0 aliphatic carbocycles. The van der Waals surface area contributed by atoms with E-state index in [1.807, 2.05) is 6.92 Å². The fraction of sp³-hybridized carbons (Fsp3) is 0.538. The summed E-state index contributed by atoms with van der Waals surface area (Å²) >= 11 is 3.22. The highest BCUT2D eigenvalue weighted by atomic mass is 32.2. The van der Waals surface area contributed by atoms with Gasteiger partial charge in [0, 0.05) is 18.0 Å². The van der Waals surface area contributed by atoms with Crippen molar-refractivity contribution in [2.24, 2.45) is 0 Å².